The number of rotatable bonds is 9. The predicted octanol–water partition coefficient (Wildman–Crippen LogP) is -1.92. The lowest BCUT2D eigenvalue weighted by molar-refractivity contribution is -0.132. The summed E-state index contributed by atoms with van der Waals surface area (Å²) in [7, 11) is -10.6. The topological polar surface area (TPSA) is 279 Å². The van der Waals surface area contributed by atoms with E-state index in [0.717, 1.165) is 0 Å². The number of fused-ring (bicyclic) bond motifs is 1. The molecule has 2 aromatic rings. The quantitative estimate of drug-likeness (QED) is 0.139. The Kier molecular flexibility index (Phi) is 8.43. The second-order valence-electron chi connectivity index (χ2n) is 8.04. The Bertz CT molecular complexity index is 1240. The summed E-state index contributed by atoms with van der Waals surface area (Å²) in [5.74, 6) is 0.146. The zero-order valence-electron chi connectivity index (χ0n) is 18.4. The van der Waals surface area contributed by atoms with E-state index >= 15 is 0 Å². The van der Waals surface area contributed by atoms with Gasteiger partial charge in [0.1, 0.15) is 54.4 Å². The van der Waals surface area contributed by atoms with Gasteiger partial charge in [-0.1, -0.05) is 0 Å². The van der Waals surface area contributed by atoms with Gasteiger partial charge in [0.2, 0.25) is 0 Å². The van der Waals surface area contributed by atoms with Gasteiger partial charge in [-0.15, -0.1) is 0 Å². The van der Waals surface area contributed by atoms with Gasteiger partial charge < -0.3 is 50.5 Å². The second-order valence-corrected chi connectivity index (χ2v) is 11.9. The molecule has 0 radical (unpaired) electrons. The van der Waals surface area contributed by atoms with E-state index < -0.39 is 78.0 Å². The number of aromatic nitrogens is 3. The smallest absolute Gasteiger partial charge is 0.387 e. The van der Waals surface area contributed by atoms with E-state index in [0.29, 0.717) is 9.99 Å². The highest BCUT2D eigenvalue weighted by molar-refractivity contribution is 9.10. The number of hydrogen-bond acceptors (Lipinski definition) is 15. The maximum atomic E-state index is 12.2. The van der Waals surface area contributed by atoms with E-state index in [9.17, 15) is 44.4 Å². The highest BCUT2D eigenvalue weighted by Gasteiger charge is 2.47. The molecule has 0 spiro atoms. The summed E-state index contributed by atoms with van der Waals surface area (Å²) in [4.78, 5) is 27.5. The molecular formula is C16H23BrN4O14P2. The zero-order chi connectivity index (χ0) is 27.3. The van der Waals surface area contributed by atoms with E-state index in [4.69, 9.17) is 15.2 Å². The maximum Gasteiger partial charge on any atom is 0.481 e. The highest BCUT2D eigenvalue weighted by atomic mass is 79.9. The van der Waals surface area contributed by atoms with Crippen LogP contribution in [0.1, 0.15) is 6.23 Å². The van der Waals surface area contributed by atoms with Crippen molar-refractivity contribution in [2.45, 2.75) is 49.1 Å². The Labute approximate surface area is 215 Å². The third-order valence-electron chi connectivity index (χ3n) is 5.55. The molecule has 0 aliphatic carbocycles. The standard InChI is InChI=1S/C16H23BrN4O14P2/c17-8-1-5-13(18)19-4-20-14(5)21(8)15-11(24)9(22)6(33-15)2-31-36(27,28)35-37(29,30)32-3-7-10(23)12(25)16(26)34-7/h1,4,6-7,9-12,15-16,22-26H,2-3H2,(H,27,28)(H,29,30)(H2,18,19,20)/t6-,7-,9-,10-,11-,12-,15-,16?/m1/s1. The third kappa shape index (κ3) is 6.06. The molecule has 37 heavy (non-hydrogen) atoms. The number of phosphoric acid groups is 2. The van der Waals surface area contributed by atoms with Gasteiger partial charge in [0.15, 0.2) is 12.5 Å². The number of nitrogens with two attached hydrogens (primary N) is 1. The van der Waals surface area contributed by atoms with E-state index in [1.165, 1.54) is 10.9 Å². The molecule has 0 saturated carbocycles. The first kappa shape index (κ1) is 28.9. The minimum Gasteiger partial charge on any atom is -0.387 e. The Balaban J connectivity index is 1.36. The van der Waals surface area contributed by atoms with Crippen molar-refractivity contribution in [1.29, 1.82) is 0 Å². The summed E-state index contributed by atoms with van der Waals surface area (Å²) in [6.07, 6.45) is -11.3. The van der Waals surface area contributed by atoms with Crippen LogP contribution < -0.4 is 5.73 Å². The van der Waals surface area contributed by atoms with E-state index in [2.05, 4.69) is 39.3 Å². The Hall–Kier alpha value is -1.12. The summed E-state index contributed by atoms with van der Waals surface area (Å²) < 4.78 is 49.6. The highest BCUT2D eigenvalue weighted by Crippen LogP contribution is 2.60. The molecular weight excluding hydrogens is 614 g/mol. The molecule has 4 rings (SSSR count). The van der Waals surface area contributed by atoms with E-state index in [-0.39, 0.29) is 11.5 Å². The monoisotopic (exact) mass is 636 g/mol. The number of ether oxygens (including phenoxy) is 2. The van der Waals surface area contributed by atoms with Crippen molar-refractivity contribution in [3.63, 3.8) is 0 Å². The van der Waals surface area contributed by atoms with Crippen molar-refractivity contribution in [1.82, 2.24) is 14.5 Å². The van der Waals surface area contributed by atoms with Crippen molar-refractivity contribution in [2.24, 2.45) is 0 Å². The normalized spacial score (nSPS) is 35.6. The zero-order valence-corrected chi connectivity index (χ0v) is 21.7. The van der Waals surface area contributed by atoms with Gasteiger partial charge in [0, 0.05) is 0 Å². The number of hydrogen-bond donors (Lipinski definition) is 8. The van der Waals surface area contributed by atoms with Gasteiger partial charge in [0.05, 0.1) is 23.2 Å². The van der Waals surface area contributed by atoms with Crippen LogP contribution in [0.5, 0.6) is 0 Å². The van der Waals surface area contributed by atoms with Gasteiger partial charge in [-0.05, 0) is 22.0 Å². The lowest BCUT2D eigenvalue weighted by atomic mass is 10.1. The Morgan fingerprint density at radius 3 is 2.08 bits per heavy atom. The minimum atomic E-state index is -5.31. The average Bonchev–Trinajstić information content (AvgIpc) is 3.38. The lowest BCUT2D eigenvalue weighted by Gasteiger charge is -2.20. The fourth-order valence-corrected chi connectivity index (χ4v) is 6.41. The van der Waals surface area contributed by atoms with Crippen LogP contribution in [0.3, 0.4) is 0 Å². The van der Waals surface area contributed by atoms with Gasteiger partial charge in [-0.3, -0.25) is 13.6 Å². The fraction of sp³-hybridized carbons (Fsp3) is 0.625. The average molecular weight is 637 g/mol. The van der Waals surface area contributed by atoms with Crippen LogP contribution in [0.4, 0.5) is 5.82 Å². The van der Waals surface area contributed by atoms with Crippen molar-refractivity contribution < 1.29 is 67.3 Å². The Morgan fingerprint density at radius 1 is 0.946 bits per heavy atom. The molecule has 9 N–H and O–H groups in total. The molecule has 21 heteroatoms. The fourth-order valence-electron chi connectivity index (χ4n) is 3.72. The molecule has 3 unspecified atom stereocenters. The van der Waals surface area contributed by atoms with Crippen molar-refractivity contribution >= 4 is 48.4 Å². The number of nitrogen functional groups attached to an aromatic ring is 1. The summed E-state index contributed by atoms with van der Waals surface area (Å²) in [6.45, 7) is -1.78. The van der Waals surface area contributed by atoms with Crippen LogP contribution in [0.15, 0.2) is 17.0 Å². The predicted molar refractivity (Wildman–Crippen MR) is 121 cm³/mol. The first-order valence-electron chi connectivity index (χ1n) is 10.3. The van der Waals surface area contributed by atoms with Crippen LogP contribution >= 0.6 is 31.6 Å². The van der Waals surface area contributed by atoms with Crippen LogP contribution in [0, 0.1) is 0 Å². The molecule has 0 aromatic carbocycles. The third-order valence-corrected chi connectivity index (χ3v) is 8.77. The Morgan fingerprint density at radius 2 is 1.51 bits per heavy atom. The molecule has 18 nitrogen and oxygen atoms in total. The number of halogens is 1. The van der Waals surface area contributed by atoms with E-state index in [1.807, 2.05) is 0 Å². The number of aliphatic hydroxyl groups is 5. The number of phosphoric ester groups is 2. The maximum absolute atomic E-state index is 12.2. The van der Waals surface area contributed by atoms with Crippen molar-refractivity contribution in [2.75, 3.05) is 18.9 Å². The van der Waals surface area contributed by atoms with Crippen LogP contribution in [-0.4, -0.2) is 106 Å². The van der Waals surface area contributed by atoms with Crippen LogP contribution in [0.2, 0.25) is 0 Å². The molecule has 2 fully saturated rings. The molecule has 0 amide bonds. The van der Waals surface area contributed by atoms with Crippen molar-refractivity contribution in [3.05, 3.63) is 17.0 Å². The van der Waals surface area contributed by atoms with Crippen LogP contribution in [0.25, 0.3) is 11.0 Å². The first-order chi connectivity index (χ1) is 17.2. The largest absolute Gasteiger partial charge is 0.481 e. The molecule has 2 aliphatic rings. The molecule has 2 saturated heterocycles. The van der Waals surface area contributed by atoms with Gasteiger partial charge in [0.25, 0.3) is 0 Å². The second kappa shape index (κ2) is 10.8. The first-order valence-corrected chi connectivity index (χ1v) is 14.1. The molecule has 10 atom stereocenters. The molecule has 208 valence electrons. The molecule has 2 aliphatic heterocycles. The number of nitrogens with zero attached hydrogens (tertiary/aromatic N) is 3. The molecule has 4 heterocycles. The lowest BCUT2D eigenvalue weighted by Crippen LogP contribution is -2.34. The minimum absolute atomic E-state index is 0.146. The van der Waals surface area contributed by atoms with Crippen molar-refractivity contribution in [3.8, 4) is 0 Å². The number of aliphatic hydroxyl groups excluding tert-OH is 5. The molecule has 0 bridgehead atoms. The van der Waals surface area contributed by atoms with Crippen LogP contribution in [-0.2, 0) is 32.0 Å². The summed E-state index contributed by atoms with van der Waals surface area (Å²) in [6, 6.07) is 1.56. The summed E-state index contributed by atoms with van der Waals surface area (Å²) in [5, 5.41) is 49.7. The molecule has 2 aromatic heterocycles. The van der Waals surface area contributed by atoms with Gasteiger partial charge >= 0.3 is 15.6 Å². The summed E-state index contributed by atoms with van der Waals surface area (Å²) in [5.41, 5.74) is 6.08. The number of anilines is 1. The SMILES string of the molecule is Nc1ncnc2c1cc(Br)n2[C@@H]1O[C@H](COP(=O)(O)OP(=O)(O)OC[C@H]2OC(O)[C@H](O)[C@@H]2O)[C@@H](O)[C@H]1O. The van der Waals surface area contributed by atoms with Gasteiger partial charge in [-0.25, -0.2) is 19.1 Å². The summed E-state index contributed by atoms with van der Waals surface area (Å²) >= 11 is 3.28. The van der Waals surface area contributed by atoms with Gasteiger partial charge in [-0.2, -0.15) is 4.31 Å². The van der Waals surface area contributed by atoms with E-state index in [1.54, 1.807) is 6.07 Å².